The van der Waals surface area contributed by atoms with Crippen LogP contribution in [0.5, 0.6) is 0 Å². The van der Waals surface area contributed by atoms with E-state index in [1.807, 2.05) is 37.4 Å². The van der Waals surface area contributed by atoms with Gasteiger partial charge in [-0.15, -0.1) is 5.10 Å². The molecule has 1 saturated carbocycles. The van der Waals surface area contributed by atoms with E-state index in [-0.39, 0.29) is 24.5 Å². The van der Waals surface area contributed by atoms with Crippen molar-refractivity contribution in [2.75, 3.05) is 6.61 Å². The molecule has 1 aliphatic rings. The molecule has 0 bridgehead atoms. The lowest BCUT2D eigenvalue weighted by Crippen LogP contribution is -2.13. The number of nitriles is 1. The average molecular weight is 282 g/mol. The Hall–Kier alpha value is -2.19. The third-order valence-electron chi connectivity index (χ3n) is 4.25. The molecule has 1 N–H and O–H groups in total. The topological polar surface area (TPSA) is 74.7 Å². The second kappa shape index (κ2) is 5.66. The van der Waals surface area contributed by atoms with E-state index in [1.165, 1.54) is 5.56 Å². The monoisotopic (exact) mass is 282 g/mol. The van der Waals surface area contributed by atoms with E-state index in [1.54, 1.807) is 4.68 Å². The van der Waals surface area contributed by atoms with E-state index in [0.717, 1.165) is 24.1 Å². The van der Waals surface area contributed by atoms with Gasteiger partial charge in [0.05, 0.1) is 24.2 Å². The third-order valence-corrected chi connectivity index (χ3v) is 4.25. The summed E-state index contributed by atoms with van der Waals surface area (Å²) in [6, 6.07) is 10.5. The molecule has 21 heavy (non-hydrogen) atoms. The highest BCUT2D eigenvalue weighted by Gasteiger charge is 2.36. The van der Waals surface area contributed by atoms with Crippen molar-refractivity contribution >= 4 is 0 Å². The molecular weight excluding hydrogens is 264 g/mol. The molecule has 0 unspecified atom stereocenters. The summed E-state index contributed by atoms with van der Waals surface area (Å²) in [7, 11) is 0. The average Bonchev–Trinajstić information content (AvgIpc) is 3.14. The maximum atomic E-state index is 9.30. The lowest BCUT2D eigenvalue weighted by atomic mass is 10.1. The second-order valence-electron chi connectivity index (χ2n) is 5.77. The summed E-state index contributed by atoms with van der Waals surface area (Å²) in [5.41, 5.74) is 3.05. The molecule has 5 nitrogen and oxygen atoms in total. The molecule has 1 heterocycles. The van der Waals surface area contributed by atoms with Gasteiger partial charge in [-0.3, -0.25) is 0 Å². The van der Waals surface area contributed by atoms with E-state index in [0.29, 0.717) is 0 Å². The summed E-state index contributed by atoms with van der Waals surface area (Å²) in [4.78, 5) is 0. The van der Waals surface area contributed by atoms with E-state index in [9.17, 15) is 10.4 Å². The fourth-order valence-electron chi connectivity index (χ4n) is 2.99. The van der Waals surface area contributed by atoms with Gasteiger partial charge in [0.25, 0.3) is 0 Å². The standard InChI is InChI=1S/C16H18N4O/c1-11-2-4-13(5-3-11)15-9-20(19-18-15)16-7-12(10-21)6-14(16)8-17/h2-5,9,12,14,16,21H,6-7,10H2,1H3/t12-,14+,16-/m1/s1. The maximum absolute atomic E-state index is 9.30. The van der Waals surface area contributed by atoms with Crippen LogP contribution in [-0.2, 0) is 0 Å². The summed E-state index contributed by atoms with van der Waals surface area (Å²) >= 11 is 0. The number of hydrogen-bond donors (Lipinski definition) is 1. The zero-order chi connectivity index (χ0) is 14.8. The first-order chi connectivity index (χ1) is 10.2. The number of benzene rings is 1. The first kappa shape index (κ1) is 13.8. The van der Waals surface area contributed by atoms with Gasteiger partial charge in [0, 0.05) is 12.2 Å². The van der Waals surface area contributed by atoms with Crippen LogP contribution in [-0.4, -0.2) is 26.7 Å². The number of aliphatic hydroxyl groups excluding tert-OH is 1. The SMILES string of the molecule is Cc1ccc(-c2cn([C@@H]3C[C@H](CO)C[C@H]3C#N)nn2)cc1. The molecule has 3 atom stereocenters. The predicted molar refractivity (Wildman–Crippen MR) is 78.1 cm³/mol. The van der Waals surface area contributed by atoms with Crippen molar-refractivity contribution in [3.8, 4) is 17.3 Å². The minimum atomic E-state index is -0.102. The van der Waals surface area contributed by atoms with Crippen LogP contribution in [0.1, 0.15) is 24.4 Å². The molecule has 108 valence electrons. The Morgan fingerprint density at radius 3 is 2.76 bits per heavy atom. The lowest BCUT2D eigenvalue weighted by Gasteiger charge is -2.12. The van der Waals surface area contributed by atoms with Crippen molar-refractivity contribution in [1.29, 1.82) is 5.26 Å². The third kappa shape index (κ3) is 2.67. The highest BCUT2D eigenvalue weighted by molar-refractivity contribution is 5.57. The van der Waals surface area contributed by atoms with Crippen LogP contribution in [0.25, 0.3) is 11.3 Å². The number of aromatic nitrogens is 3. The Labute approximate surface area is 123 Å². The molecule has 1 aromatic heterocycles. The van der Waals surface area contributed by atoms with Crippen LogP contribution in [0, 0.1) is 30.1 Å². The van der Waals surface area contributed by atoms with E-state index in [4.69, 9.17) is 0 Å². The molecule has 0 spiro atoms. The summed E-state index contributed by atoms with van der Waals surface area (Å²) < 4.78 is 1.79. The highest BCUT2D eigenvalue weighted by atomic mass is 16.3. The minimum absolute atomic E-state index is 0.0128. The first-order valence-corrected chi connectivity index (χ1v) is 7.20. The van der Waals surface area contributed by atoms with Gasteiger partial charge in [0.1, 0.15) is 5.69 Å². The van der Waals surface area contributed by atoms with Gasteiger partial charge in [-0.1, -0.05) is 35.0 Å². The van der Waals surface area contributed by atoms with Gasteiger partial charge in [0.2, 0.25) is 0 Å². The second-order valence-corrected chi connectivity index (χ2v) is 5.77. The van der Waals surface area contributed by atoms with Gasteiger partial charge in [0.15, 0.2) is 0 Å². The molecule has 1 aliphatic carbocycles. The lowest BCUT2D eigenvalue weighted by molar-refractivity contribution is 0.225. The van der Waals surface area contributed by atoms with Crippen LogP contribution >= 0.6 is 0 Å². The molecule has 0 aliphatic heterocycles. The smallest absolute Gasteiger partial charge is 0.113 e. The summed E-state index contributed by atoms with van der Waals surface area (Å²) in [5.74, 6) is 0.0846. The van der Waals surface area contributed by atoms with Crippen LogP contribution in [0.15, 0.2) is 30.5 Å². The van der Waals surface area contributed by atoms with Crippen molar-refractivity contribution in [3.63, 3.8) is 0 Å². The number of aryl methyl sites for hydroxylation is 1. The van der Waals surface area contributed by atoms with Gasteiger partial charge in [-0.2, -0.15) is 5.26 Å². The van der Waals surface area contributed by atoms with Crippen LogP contribution in [0.3, 0.4) is 0 Å². The zero-order valence-electron chi connectivity index (χ0n) is 12.0. The molecule has 3 rings (SSSR count). The fraction of sp³-hybridized carbons (Fsp3) is 0.438. The minimum Gasteiger partial charge on any atom is -0.396 e. The Morgan fingerprint density at radius 1 is 1.33 bits per heavy atom. The number of nitrogens with zero attached hydrogens (tertiary/aromatic N) is 4. The number of hydrogen-bond acceptors (Lipinski definition) is 4. The van der Waals surface area contributed by atoms with Gasteiger partial charge < -0.3 is 5.11 Å². The molecule has 5 heteroatoms. The molecule has 0 amide bonds. The summed E-state index contributed by atoms with van der Waals surface area (Å²) in [5, 5.41) is 27.0. The Kier molecular flexibility index (Phi) is 3.72. The summed E-state index contributed by atoms with van der Waals surface area (Å²) in [6.07, 6.45) is 3.42. The fourth-order valence-corrected chi connectivity index (χ4v) is 2.99. The van der Waals surface area contributed by atoms with Gasteiger partial charge >= 0.3 is 0 Å². The first-order valence-electron chi connectivity index (χ1n) is 7.20. The number of rotatable bonds is 3. The van der Waals surface area contributed by atoms with Crippen molar-refractivity contribution in [1.82, 2.24) is 15.0 Å². The maximum Gasteiger partial charge on any atom is 0.113 e. The van der Waals surface area contributed by atoms with E-state index in [2.05, 4.69) is 16.4 Å². The highest BCUT2D eigenvalue weighted by Crippen LogP contribution is 2.39. The Bertz CT molecular complexity index is 656. The van der Waals surface area contributed by atoms with Crippen LogP contribution < -0.4 is 0 Å². The van der Waals surface area contributed by atoms with Crippen molar-refractivity contribution < 1.29 is 5.11 Å². The molecule has 0 saturated heterocycles. The largest absolute Gasteiger partial charge is 0.396 e. The quantitative estimate of drug-likeness (QED) is 0.937. The van der Waals surface area contributed by atoms with Gasteiger partial charge in [-0.05, 0) is 25.7 Å². The van der Waals surface area contributed by atoms with Crippen molar-refractivity contribution in [2.45, 2.75) is 25.8 Å². The van der Waals surface area contributed by atoms with Gasteiger partial charge in [-0.25, -0.2) is 4.68 Å². The van der Waals surface area contributed by atoms with Crippen molar-refractivity contribution in [3.05, 3.63) is 36.0 Å². The normalized spacial score (nSPS) is 24.9. The van der Waals surface area contributed by atoms with Crippen molar-refractivity contribution in [2.24, 2.45) is 11.8 Å². The molecular formula is C16H18N4O. The molecule has 0 radical (unpaired) electrons. The molecule has 1 aromatic carbocycles. The van der Waals surface area contributed by atoms with Crippen LogP contribution in [0.2, 0.25) is 0 Å². The summed E-state index contributed by atoms with van der Waals surface area (Å²) in [6.45, 7) is 2.18. The Morgan fingerprint density at radius 2 is 2.10 bits per heavy atom. The van der Waals surface area contributed by atoms with Crippen LogP contribution in [0.4, 0.5) is 0 Å². The molecule has 2 aromatic rings. The Balaban J connectivity index is 1.85. The zero-order valence-corrected chi connectivity index (χ0v) is 12.0. The predicted octanol–water partition coefficient (Wildman–Crippen LogP) is 2.34. The number of aliphatic hydroxyl groups is 1. The molecule has 1 fully saturated rings. The van der Waals surface area contributed by atoms with E-state index >= 15 is 0 Å². The van der Waals surface area contributed by atoms with E-state index < -0.39 is 0 Å².